The van der Waals surface area contributed by atoms with Crippen LogP contribution in [-0.2, 0) is 4.79 Å². The van der Waals surface area contributed by atoms with E-state index in [0.29, 0.717) is 12.3 Å². The molecule has 0 aromatic carbocycles. The minimum atomic E-state index is -0.0108. The Kier molecular flexibility index (Phi) is 6.50. The standard InChI is InChI=1S/C15H25N3O/c1-11(2)14(15-12(3)7-5-10-17-15)18-13(19)8-6-9-16-4/h5,7,10-11,14,16H,6,8-9H2,1-4H3,(H,18,19). The molecule has 4 nitrogen and oxygen atoms in total. The minimum Gasteiger partial charge on any atom is -0.347 e. The van der Waals surface area contributed by atoms with Crippen molar-refractivity contribution in [2.24, 2.45) is 5.92 Å². The lowest BCUT2D eigenvalue weighted by atomic mass is 9.97. The summed E-state index contributed by atoms with van der Waals surface area (Å²) >= 11 is 0. The Balaban J connectivity index is 2.69. The second-order valence-corrected chi connectivity index (χ2v) is 5.20. The lowest BCUT2D eigenvalue weighted by Crippen LogP contribution is -2.33. The Morgan fingerprint density at radius 2 is 2.16 bits per heavy atom. The highest BCUT2D eigenvalue weighted by Gasteiger charge is 2.20. The molecule has 1 aromatic heterocycles. The molecule has 0 saturated carbocycles. The van der Waals surface area contributed by atoms with Crippen LogP contribution in [0.1, 0.15) is 44.0 Å². The van der Waals surface area contributed by atoms with Crippen molar-refractivity contribution >= 4 is 5.91 Å². The summed E-state index contributed by atoms with van der Waals surface area (Å²) in [6.07, 6.45) is 3.19. The van der Waals surface area contributed by atoms with Gasteiger partial charge >= 0.3 is 0 Å². The third-order valence-corrected chi connectivity index (χ3v) is 3.16. The summed E-state index contributed by atoms with van der Waals surface area (Å²) in [5, 5.41) is 6.15. The van der Waals surface area contributed by atoms with E-state index in [2.05, 4.69) is 29.5 Å². The molecule has 1 atom stereocenters. The van der Waals surface area contributed by atoms with Crippen molar-refractivity contribution in [2.75, 3.05) is 13.6 Å². The van der Waals surface area contributed by atoms with E-state index >= 15 is 0 Å². The van der Waals surface area contributed by atoms with E-state index in [1.807, 2.05) is 26.1 Å². The number of nitrogens with one attached hydrogen (secondary N) is 2. The van der Waals surface area contributed by atoms with Crippen molar-refractivity contribution in [2.45, 2.75) is 39.7 Å². The first-order valence-electron chi connectivity index (χ1n) is 6.91. The summed E-state index contributed by atoms with van der Waals surface area (Å²) in [5.74, 6) is 0.417. The third kappa shape index (κ3) is 4.99. The summed E-state index contributed by atoms with van der Waals surface area (Å²) < 4.78 is 0. The van der Waals surface area contributed by atoms with E-state index in [-0.39, 0.29) is 11.9 Å². The number of hydrogen-bond acceptors (Lipinski definition) is 3. The highest BCUT2D eigenvalue weighted by atomic mass is 16.1. The number of rotatable bonds is 7. The first kappa shape index (κ1) is 15.6. The van der Waals surface area contributed by atoms with E-state index < -0.39 is 0 Å². The lowest BCUT2D eigenvalue weighted by molar-refractivity contribution is -0.122. The van der Waals surface area contributed by atoms with E-state index in [0.717, 1.165) is 24.2 Å². The molecule has 0 spiro atoms. The lowest BCUT2D eigenvalue weighted by Gasteiger charge is -2.23. The average Bonchev–Trinajstić information content (AvgIpc) is 2.37. The smallest absolute Gasteiger partial charge is 0.220 e. The van der Waals surface area contributed by atoms with Crippen molar-refractivity contribution in [3.8, 4) is 0 Å². The van der Waals surface area contributed by atoms with Gasteiger partial charge in [-0.15, -0.1) is 0 Å². The zero-order chi connectivity index (χ0) is 14.3. The Hall–Kier alpha value is -1.42. The van der Waals surface area contributed by atoms with E-state index in [1.54, 1.807) is 6.20 Å². The topological polar surface area (TPSA) is 54.0 Å². The van der Waals surface area contributed by atoms with Crippen LogP contribution < -0.4 is 10.6 Å². The maximum Gasteiger partial charge on any atom is 0.220 e. The fourth-order valence-corrected chi connectivity index (χ4v) is 2.05. The molecule has 1 unspecified atom stereocenters. The molecule has 0 radical (unpaired) electrons. The number of pyridine rings is 1. The van der Waals surface area contributed by atoms with Crippen molar-refractivity contribution in [3.63, 3.8) is 0 Å². The highest BCUT2D eigenvalue weighted by molar-refractivity contribution is 5.76. The predicted octanol–water partition coefficient (Wildman–Crippen LogP) is 2.20. The van der Waals surface area contributed by atoms with Gasteiger partial charge in [0.2, 0.25) is 5.91 Å². The van der Waals surface area contributed by atoms with Crippen LogP contribution in [0, 0.1) is 12.8 Å². The van der Waals surface area contributed by atoms with Gasteiger partial charge in [-0.3, -0.25) is 9.78 Å². The largest absolute Gasteiger partial charge is 0.347 e. The number of carbonyl (C=O) groups excluding carboxylic acids is 1. The molecule has 19 heavy (non-hydrogen) atoms. The van der Waals surface area contributed by atoms with Gasteiger partial charge in [-0.1, -0.05) is 19.9 Å². The molecule has 0 fully saturated rings. The molecule has 1 aromatic rings. The van der Waals surface area contributed by atoms with Gasteiger partial charge in [-0.05, 0) is 44.5 Å². The zero-order valence-electron chi connectivity index (χ0n) is 12.4. The molecule has 0 aliphatic heterocycles. The van der Waals surface area contributed by atoms with Crippen LogP contribution in [-0.4, -0.2) is 24.5 Å². The van der Waals surface area contributed by atoms with Crippen LogP contribution in [0.4, 0.5) is 0 Å². The van der Waals surface area contributed by atoms with Gasteiger partial charge in [0.1, 0.15) is 0 Å². The molecule has 0 saturated heterocycles. The van der Waals surface area contributed by atoms with Gasteiger partial charge in [0.15, 0.2) is 0 Å². The number of amides is 1. The monoisotopic (exact) mass is 263 g/mol. The third-order valence-electron chi connectivity index (χ3n) is 3.16. The first-order chi connectivity index (χ1) is 9.06. The predicted molar refractivity (Wildman–Crippen MR) is 77.9 cm³/mol. The number of aryl methyl sites for hydroxylation is 1. The Labute approximate surface area is 116 Å². The SMILES string of the molecule is CNCCCC(=O)NC(c1ncccc1C)C(C)C. The van der Waals surface area contributed by atoms with Crippen LogP contribution in [0.3, 0.4) is 0 Å². The highest BCUT2D eigenvalue weighted by Crippen LogP contribution is 2.22. The summed E-state index contributed by atoms with van der Waals surface area (Å²) in [4.78, 5) is 16.4. The second kappa shape index (κ2) is 7.89. The normalized spacial score (nSPS) is 12.5. The average molecular weight is 263 g/mol. The van der Waals surface area contributed by atoms with E-state index in [9.17, 15) is 4.79 Å². The fraction of sp³-hybridized carbons (Fsp3) is 0.600. The van der Waals surface area contributed by atoms with Gasteiger partial charge in [-0.2, -0.15) is 0 Å². The van der Waals surface area contributed by atoms with E-state index in [1.165, 1.54) is 0 Å². The van der Waals surface area contributed by atoms with Crippen LogP contribution in [0.2, 0.25) is 0 Å². The van der Waals surface area contributed by atoms with Gasteiger partial charge in [0.25, 0.3) is 0 Å². The fourth-order valence-electron chi connectivity index (χ4n) is 2.05. The molecule has 0 bridgehead atoms. The van der Waals surface area contributed by atoms with Crippen molar-refractivity contribution < 1.29 is 4.79 Å². The second-order valence-electron chi connectivity index (χ2n) is 5.20. The molecule has 1 rings (SSSR count). The Morgan fingerprint density at radius 1 is 1.42 bits per heavy atom. The van der Waals surface area contributed by atoms with Gasteiger partial charge in [-0.25, -0.2) is 0 Å². The number of hydrogen-bond donors (Lipinski definition) is 2. The summed E-state index contributed by atoms with van der Waals surface area (Å²) in [6, 6.07) is 3.94. The van der Waals surface area contributed by atoms with Crippen molar-refractivity contribution in [1.29, 1.82) is 0 Å². The molecule has 106 valence electrons. The quantitative estimate of drug-likeness (QED) is 0.742. The van der Waals surface area contributed by atoms with Crippen molar-refractivity contribution in [3.05, 3.63) is 29.6 Å². The Bertz CT molecular complexity index is 404. The summed E-state index contributed by atoms with van der Waals surface area (Å²) in [5.41, 5.74) is 2.09. The molecule has 0 aliphatic carbocycles. The maximum absolute atomic E-state index is 12.0. The molecular weight excluding hydrogens is 238 g/mol. The number of nitrogens with zero attached hydrogens (tertiary/aromatic N) is 1. The zero-order valence-corrected chi connectivity index (χ0v) is 12.4. The molecule has 1 amide bonds. The van der Waals surface area contributed by atoms with Crippen LogP contribution in [0.25, 0.3) is 0 Å². The minimum absolute atomic E-state index is 0.0108. The van der Waals surface area contributed by atoms with Crippen LogP contribution in [0.15, 0.2) is 18.3 Å². The van der Waals surface area contributed by atoms with Gasteiger partial charge < -0.3 is 10.6 Å². The van der Waals surface area contributed by atoms with Crippen LogP contribution in [0.5, 0.6) is 0 Å². The van der Waals surface area contributed by atoms with Gasteiger partial charge in [0.05, 0.1) is 11.7 Å². The molecule has 0 aliphatic rings. The van der Waals surface area contributed by atoms with Crippen molar-refractivity contribution in [1.82, 2.24) is 15.6 Å². The van der Waals surface area contributed by atoms with E-state index in [4.69, 9.17) is 0 Å². The van der Waals surface area contributed by atoms with Gasteiger partial charge in [0, 0.05) is 12.6 Å². The summed E-state index contributed by atoms with van der Waals surface area (Å²) in [6.45, 7) is 7.10. The molecule has 2 N–H and O–H groups in total. The maximum atomic E-state index is 12.0. The Morgan fingerprint density at radius 3 is 2.74 bits per heavy atom. The molecule has 4 heteroatoms. The number of aromatic nitrogens is 1. The number of carbonyl (C=O) groups is 1. The molecule has 1 heterocycles. The van der Waals surface area contributed by atoms with Crippen LogP contribution >= 0.6 is 0 Å². The first-order valence-corrected chi connectivity index (χ1v) is 6.91. The summed E-state index contributed by atoms with van der Waals surface area (Å²) in [7, 11) is 1.89. The molecular formula is C15H25N3O.